The topological polar surface area (TPSA) is 58.6 Å². The van der Waals surface area contributed by atoms with E-state index >= 15 is 0 Å². The van der Waals surface area contributed by atoms with Crippen LogP contribution < -0.4 is 5.32 Å². The minimum atomic E-state index is -0.636. The van der Waals surface area contributed by atoms with E-state index in [2.05, 4.69) is 12.2 Å². The third-order valence-electron chi connectivity index (χ3n) is 4.02. The van der Waals surface area contributed by atoms with E-state index in [1.54, 1.807) is 7.11 Å². The summed E-state index contributed by atoms with van der Waals surface area (Å²) in [5.41, 5.74) is -0.636. The molecule has 0 bridgehead atoms. The Morgan fingerprint density at radius 2 is 2.24 bits per heavy atom. The zero-order valence-electron chi connectivity index (χ0n) is 10.5. The summed E-state index contributed by atoms with van der Waals surface area (Å²) in [5.74, 6) is 0.159. The fraction of sp³-hybridized carbons (Fsp3) is 0.833. The van der Waals surface area contributed by atoms with Gasteiger partial charge in [-0.3, -0.25) is 9.69 Å². The second kappa shape index (κ2) is 4.64. The van der Waals surface area contributed by atoms with Gasteiger partial charge in [0.15, 0.2) is 0 Å². The number of hydrogen-bond donors (Lipinski definition) is 1. The number of rotatable bonds is 3. The number of ether oxygens (including phenoxy) is 1. The molecule has 5 heteroatoms. The zero-order valence-corrected chi connectivity index (χ0v) is 10.5. The van der Waals surface area contributed by atoms with E-state index in [-0.39, 0.29) is 17.9 Å². The van der Waals surface area contributed by atoms with Crippen molar-refractivity contribution in [1.82, 2.24) is 10.2 Å². The normalized spacial score (nSPS) is 33.3. The Bertz CT molecular complexity index is 332. The van der Waals surface area contributed by atoms with E-state index in [0.717, 1.165) is 25.7 Å². The second-order valence-corrected chi connectivity index (χ2v) is 5.00. The number of hydrogen-bond acceptors (Lipinski definition) is 3. The van der Waals surface area contributed by atoms with Gasteiger partial charge < -0.3 is 10.1 Å². The van der Waals surface area contributed by atoms with Crippen molar-refractivity contribution in [2.24, 2.45) is 5.92 Å². The number of amides is 3. The first kappa shape index (κ1) is 12.4. The Morgan fingerprint density at radius 3 is 2.88 bits per heavy atom. The fourth-order valence-corrected chi connectivity index (χ4v) is 2.88. The molecule has 1 aliphatic carbocycles. The predicted molar refractivity (Wildman–Crippen MR) is 62.5 cm³/mol. The van der Waals surface area contributed by atoms with Crippen molar-refractivity contribution < 1.29 is 14.3 Å². The van der Waals surface area contributed by atoms with Gasteiger partial charge >= 0.3 is 6.03 Å². The maximum Gasteiger partial charge on any atom is 0.325 e. The number of imide groups is 1. The van der Waals surface area contributed by atoms with E-state index in [4.69, 9.17) is 4.74 Å². The van der Waals surface area contributed by atoms with Crippen molar-refractivity contribution in [3.8, 4) is 0 Å². The lowest BCUT2D eigenvalue weighted by molar-refractivity contribution is -0.134. The van der Waals surface area contributed by atoms with Crippen molar-refractivity contribution in [2.75, 3.05) is 20.3 Å². The number of carbonyl (C=O) groups is 2. The van der Waals surface area contributed by atoms with Crippen LogP contribution in [0.3, 0.4) is 0 Å². The molecule has 1 aliphatic heterocycles. The monoisotopic (exact) mass is 240 g/mol. The Labute approximate surface area is 101 Å². The molecule has 96 valence electrons. The molecule has 0 unspecified atom stereocenters. The van der Waals surface area contributed by atoms with Crippen LogP contribution >= 0.6 is 0 Å². The summed E-state index contributed by atoms with van der Waals surface area (Å²) in [6.45, 7) is 2.79. The quantitative estimate of drug-likeness (QED) is 0.752. The summed E-state index contributed by atoms with van der Waals surface area (Å²) in [4.78, 5) is 25.5. The first-order chi connectivity index (χ1) is 8.12. The van der Waals surface area contributed by atoms with Gasteiger partial charge in [-0.2, -0.15) is 0 Å². The number of urea groups is 1. The zero-order chi connectivity index (χ0) is 12.5. The molecule has 2 fully saturated rings. The summed E-state index contributed by atoms with van der Waals surface area (Å²) in [5, 5.41) is 2.91. The fourth-order valence-electron chi connectivity index (χ4n) is 2.88. The molecule has 1 N–H and O–H groups in total. The minimum Gasteiger partial charge on any atom is -0.383 e. The van der Waals surface area contributed by atoms with Gasteiger partial charge in [0.2, 0.25) is 0 Å². The van der Waals surface area contributed by atoms with Crippen molar-refractivity contribution >= 4 is 11.9 Å². The first-order valence-corrected chi connectivity index (χ1v) is 6.25. The van der Waals surface area contributed by atoms with Crippen molar-refractivity contribution in [1.29, 1.82) is 0 Å². The van der Waals surface area contributed by atoms with Crippen LogP contribution in [0, 0.1) is 5.92 Å². The number of nitrogens with zero attached hydrogens (tertiary/aromatic N) is 1. The lowest BCUT2D eigenvalue weighted by Gasteiger charge is -2.36. The van der Waals surface area contributed by atoms with Crippen LogP contribution in [0.15, 0.2) is 0 Å². The maximum atomic E-state index is 12.4. The molecular formula is C12H20N2O3. The summed E-state index contributed by atoms with van der Waals surface area (Å²) < 4.78 is 4.93. The van der Waals surface area contributed by atoms with Gasteiger partial charge in [-0.25, -0.2) is 4.79 Å². The predicted octanol–water partition coefficient (Wildman–Crippen LogP) is 1.13. The molecule has 5 nitrogen and oxygen atoms in total. The van der Waals surface area contributed by atoms with Gasteiger partial charge in [0.05, 0.1) is 13.2 Å². The molecule has 2 atom stereocenters. The third kappa shape index (κ3) is 1.92. The number of nitrogens with one attached hydrogen (secondary N) is 1. The van der Waals surface area contributed by atoms with E-state index in [9.17, 15) is 9.59 Å². The van der Waals surface area contributed by atoms with Crippen molar-refractivity contribution in [3.05, 3.63) is 0 Å². The highest BCUT2D eigenvalue weighted by Crippen LogP contribution is 2.37. The molecule has 3 amide bonds. The van der Waals surface area contributed by atoms with Crippen molar-refractivity contribution in [2.45, 2.75) is 38.1 Å². The van der Waals surface area contributed by atoms with Gasteiger partial charge in [-0.05, 0) is 18.8 Å². The molecule has 0 aromatic rings. The van der Waals surface area contributed by atoms with Crippen LogP contribution in [0.4, 0.5) is 4.79 Å². The van der Waals surface area contributed by atoms with Gasteiger partial charge in [-0.1, -0.05) is 19.8 Å². The molecular weight excluding hydrogens is 220 g/mol. The molecule has 1 saturated heterocycles. The van der Waals surface area contributed by atoms with Gasteiger partial charge in [0, 0.05) is 7.11 Å². The number of carbonyl (C=O) groups excluding carboxylic acids is 2. The molecule has 1 heterocycles. The third-order valence-corrected chi connectivity index (χ3v) is 4.02. The van der Waals surface area contributed by atoms with Gasteiger partial charge in [0.1, 0.15) is 5.54 Å². The van der Waals surface area contributed by atoms with E-state index < -0.39 is 5.54 Å². The van der Waals surface area contributed by atoms with Gasteiger partial charge in [-0.15, -0.1) is 0 Å². The van der Waals surface area contributed by atoms with Crippen LogP contribution in [-0.4, -0.2) is 42.6 Å². The molecule has 2 rings (SSSR count). The van der Waals surface area contributed by atoms with Gasteiger partial charge in [0.25, 0.3) is 5.91 Å². The highest BCUT2D eigenvalue weighted by molar-refractivity contribution is 6.07. The molecule has 17 heavy (non-hydrogen) atoms. The molecule has 0 radical (unpaired) electrons. The van der Waals surface area contributed by atoms with Crippen molar-refractivity contribution in [3.63, 3.8) is 0 Å². The Balaban J connectivity index is 2.16. The Morgan fingerprint density at radius 1 is 1.47 bits per heavy atom. The Hall–Kier alpha value is -1.10. The molecule has 2 aliphatic rings. The van der Waals surface area contributed by atoms with Crippen LogP contribution in [0.25, 0.3) is 0 Å². The molecule has 0 aromatic carbocycles. The van der Waals surface area contributed by atoms with Crippen LogP contribution in [0.1, 0.15) is 32.6 Å². The lowest BCUT2D eigenvalue weighted by Crippen LogP contribution is -2.54. The summed E-state index contributed by atoms with van der Waals surface area (Å²) >= 11 is 0. The molecule has 1 spiro atoms. The summed E-state index contributed by atoms with van der Waals surface area (Å²) in [6.07, 6.45) is 3.92. The van der Waals surface area contributed by atoms with Crippen LogP contribution in [0.5, 0.6) is 0 Å². The van der Waals surface area contributed by atoms with Crippen LogP contribution in [0.2, 0.25) is 0 Å². The van der Waals surface area contributed by atoms with E-state index in [1.165, 1.54) is 4.90 Å². The highest BCUT2D eigenvalue weighted by atomic mass is 16.5. The van der Waals surface area contributed by atoms with E-state index in [0.29, 0.717) is 13.2 Å². The smallest absolute Gasteiger partial charge is 0.325 e. The largest absolute Gasteiger partial charge is 0.383 e. The average molecular weight is 240 g/mol. The second-order valence-electron chi connectivity index (χ2n) is 5.00. The van der Waals surface area contributed by atoms with Crippen LogP contribution in [-0.2, 0) is 9.53 Å². The number of methoxy groups -OCH3 is 1. The lowest BCUT2D eigenvalue weighted by atomic mass is 9.73. The first-order valence-electron chi connectivity index (χ1n) is 6.25. The average Bonchev–Trinajstić information content (AvgIpc) is 2.54. The van der Waals surface area contributed by atoms with E-state index in [1.807, 2.05) is 0 Å². The maximum absolute atomic E-state index is 12.4. The molecule has 1 saturated carbocycles. The molecule has 0 aromatic heterocycles. The minimum absolute atomic E-state index is 0.0632. The Kier molecular flexibility index (Phi) is 3.38. The summed E-state index contributed by atoms with van der Waals surface area (Å²) in [7, 11) is 1.57. The summed E-state index contributed by atoms with van der Waals surface area (Å²) in [6, 6.07) is -0.263. The highest BCUT2D eigenvalue weighted by Gasteiger charge is 2.54. The standard InChI is InChI=1S/C12H20N2O3/c1-9-5-3-4-6-12(9)10(15)14(7-8-17-2)11(16)13-12/h9H,3-8H2,1-2H3,(H,13,16)/t9-,12+/m1/s1. The SMILES string of the molecule is COCCN1C(=O)N[C@]2(CCCC[C@H]2C)C1=O.